The number of nitrogens with zero attached hydrogens (tertiary/aromatic N) is 1. The van der Waals surface area contributed by atoms with Crippen LogP contribution in [0.15, 0.2) is 54.7 Å². The van der Waals surface area contributed by atoms with E-state index in [4.69, 9.17) is 9.47 Å². The average molecular weight is 381 g/mol. The third-order valence-electron chi connectivity index (χ3n) is 4.28. The van der Waals surface area contributed by atoms with Crippen LogP contribution in [0.4, 0.5) is 0 Å². The smallest absolute Gasteiger partial charge is 0.340 e. The molecule has 2 aromatic carbocycles. The van der Waals surface area contributed by atoms with E-state index in [0.717, 1.165) is 22.2 Å². The van der Waals surface area contributed by atoms with Crippen LogP contribution in [0, 0.1) is 6.92 Å². The van der Waals surface area contributed by atoms with Crippen molar-refractivity contribution in [3.63, 3.8) is 0 Å². The molecule has 1 atom stereocenters. The molecule has 3 rings (SSSR count). The molecule has 1 aromatic heterocycles. The Kier molecular flexibility index (Phi) is 5.75. The van der Waals surface area contributed by atoms with Crippen LogP contribution in [0.25, 0.3) is 10.9 Å². The fraction of sp³-hybridized carbons (Fsp3) is 0.348. The molecular formula is C23H27NO4. The largest absolute Gasteiger partial charge is 0.491 e. The van der Waals surface area contributed by atoms with Gasteiger partial charge in [0.05, 0.1) is 12.1 Å². The normalized spacial score (nSPS) is 12.8. The Labute approximate surface area is 165 Å². The summed E-state index contributed by atoms with van der Waals surface area (Å²) >= 11 is 0. The summed E-state index contributed by atoms with van der Waals surface area (Å²) in [4.78, 5) is 12.6. The van der Waals surface area contributed by atoms with E-state index in [1.165, 1.54) is 0 Å². The van der Waals surface area contributed by atoms with E-state index in [1.54, 1.807) is 6.20 Å². The van der Waals surface area contributed by atoms with Crippen LogP contribution in [-0.2, 0) is 11.3 Å². The highest BCUT2D eigenvalue weighted by atomic mass is 16.6. The topological polar surface area (TPSA) is 60.7 Å². The first-order chi connectivity index (χ1) is 13.2. The van der Waals surface area contributed by atoms with E-state index in [9.17, 15) is 9.90 Å². The number of aromatic nitrogens is 1. The summed E-state index contributed by atoms with van der Waals surface area (Å²) in [7, 11) is 0. The van der Waals surface area contributed by atoms with Crippen LogP contribution in [0.3, 0.4) is 0 Å². The van der Waals surface area contributed by atoms with Crippen LogP contribution in [0.5, 0.6) is 5.75 Å². The maximum Gasteiger partial charge on any atom is 0.340 e. The summed E-state index contributed by atoms with van der Waals surface area (Å²) in [5.41, 5.74) is 1.96. The zero-order valence-corrected chi connectivity index (χ0v) is 16.8. The molecule has 0 aliphatic heterocycles. The standard InChI is InChI=1S/C23H27NO4/c1-16-9-11-18(12-10-16)27-15-17(25)13-24-14-20(22(26)28-23(2,3)4)19-7-5-6-8-21(19)24/h5-12,14,17,25H,13,15H2,1-4H3. The van der Waals surface area contributed by atoms with Gasteiger partial charge in [-0.3, -0.25) is 0 Å². The monoisotopic (exact) mass is 381 g/mol. The number of esters is 1. The van der Waals surface area contributed by atoms with Gasteiger partial charge in [-0.05, 0) is 45.9 Å². The number of rotatable bonds is 6. The Morgan fingerprint density at radius 1 is 1.11 bits per heavy atom. The van der Waals surface area contributed by atoms with Crippen molar-refractivity contribution in [1.29, 1.82) is 0 Å². The summed E-state index contributed by atoms with van der Waals surface area (Å²) in [5, 5.41) is 11.3. The van der Waals surface area contributed by atoms with Gasteiger partial charge in [0.1, 0.15) is 24.1 Å². The molecule has 0 aliphatic rings. The van der Waals surface area contributed by atoms with E-state index < -0.39 is 11.7 Å². The van der Waals surface area contributed by atoms with Gasteiger partial charge >= 0.3 is 5.97 Å². The van der Waals surface area contributed by atoms with Crippen molar-refractivity contribution in [2.75, 3.05) is 6.61 Å². The minimum Gasteiger partial charge on any atom is -0.491 e. The molecule has 0 fully saturated rings. The first-order valence-corrected chi connectivity index (χ1v) is 9.42. The van der Waals surface area contributed by atoms with Gasteiger partial charge in [0.15, 0.2) is 0 Å². The molecule has 5 heteroatoms. The molecule has 0 saturated carbocycles. The fourth-order valence-corrected chi connectivity index (χ4v) is 3.00. The van der Waals surface area contributed by atoms with Crippen LogP contribution < -0.4 is 4.74 Å². The summed E-state index contributed by atoms with van der Waals surface area (Å²) in [6, 6.07) is 15.3. The molecule has 3 aromatic rings. The first-order valence-electron chi connectivity index (χ1n) is 9.42. The fourth-order valence-electron chi connectivity index (χ4n) is 3.00. The zero-order chi connectivity index (χ0) is 20.3. The summed E-state index contributed by atoms with van der Waals surface area (Å²) in [5.74, 6) is 0.351. The van der Waals surface area contributed by atoms with Gasteiger partial charge in [0.25, 0.3) is 0 Å². The van der Waals surface area contributed by atoms with Gasteiger partial charge in [0, 0.05) is 17.1 Å². The summed E-state index contributed by atoms with van der Waals surface area (Å²) in [6.07, 6.45) is 1.02. The molecule has 0 spiro atoms. The summed E-state index contributed by atoms with van der Waals surface area (Å²) in [6.45, 7) is 8.02. The Bertz CT molecular complexity index is 951. The van der Waals surface area contributed by atoms with Gasteiger partial charge in [-0.25, -0.2) is 4.79 Å². The van der Waals surface area contributed by atoms with Crippen molar-refractivity contribution in [3.05, 3.63) is 65.9 Å². The van der Waals surface area contributed by atoms with Gasteiger partial charge in [-0.1, -0.05) is 35.9 Å². The number of hydrogen-bond acceptors (Lipinski definition) is 4. The molecule has 28 heavy (non-hydrogen) atoms. The van der Waals surface area contributed by atoms with Crippen LogP contribution in [0.1, 0.15) is 36.7 Å². The minimum absolute atomic E-state index is 0.164. The van der Waals surface area contributed by atoms with Crippen molar-refractivity contribution in [1.82, 2.24) is 4.57 Å². The second kappa shape index (κ2) is 8.07. The molecule has 0 saturated heterocycles. The number of hydrogen-bond donors (Lipinski definition) is 1. The number of para-hydroxylation sites is 1. The number of aliphatic hydroxyl groups excluding tert-OH is 1. The third-order valence-corrected chi connectivity index (χ3v) is 4.28. The number of aryl methyl sites for hydroxylation is 1. The van der Waals surface area contributed by atoms with Crippen molar-refractivity contribution in [3.8, 4) is 5.75 Å². The second-order valence-corrected chi connectivity index (χ2v) is 7.99. The van der Waals surface area contributed by atoms with Crippen LogP contribution in [0.2, 0.25) is 0 Å². The lowest BCUT2D eigenvalue weighted by Gasteiger charge is -2.19. The lowest BCUT2D eigenvalue weighted by atomic mass is 10.1. The van der Waals surface area contributed by atoms with Gasteiger partial charge in [-0.2, -0.15) is 0 Å². The van der Waals surface area contributed by atoms with Crippen LogP contribution in [-0.4, -0.2) is 34.0 Å². The molecule has 0 aliphatic carbocycles. The Balaban J connectivity index is 1.75. The average Bonchev–Trinajstić information content (AvgIpc) is 2.99. The Hall–Kier alpha value is -2.79. The maximum atomic E-state index is 12.6. The third kappa shape index (κ3) is 4.93. The first kappa shape index (κ1) is 20.0. The van der Waals surface area contributed by atoms with E-state index >= 15 is 0 Å². The predicted molar refractivity (Wildman–Crippen MR) is 110 cm³/mol. The van der Waals surface area contributed by atoms with E-state index in [1.807, 2.05) is 80.8 Å². The second-order valence-electron chi connectivity index (χ2n) is 7.99. The number of carbonyl (C=O) groups is 1. The molecule has 1 heterocycles. The van der Waals surface area contributed by atoms with Gasteiger partial charge in [0.2, 0.25) is 0 Å². The highest BCUT2D eigenvalue weighted by Gasteiger charge is 2.22. The predicted octanol–water partition coefficient (Wildman–Crippen LogP) is 4.34. The maximum absolute atomic E-state index is 12.6. The highest BCUT2D eigenvalue weighted by molar-refractivity contribution is 6.04. The lowest BCUT2D eigenvalue weighted by molar-refractivity contribution is 0.00712. The molecule has 5 nitrogen and oxygen atoms in total. The SMILES string of the molecule is Cc1ccc(OCC(O)Cn2cc(C(=O)OC(C)(C)C)c3ccccc32)cc1. The van der Waals surface area contributed by atoms with Gasteiger partial charge < -0.3 is 19.1 Å². The molecule has 1 N–H and O–H groups in total. The molecule has 0 bridgehead atoms. The van der Waals surface area contributed by atoms with Crippen molar-refractivity contribution >= 4 is 16.9 Å². The minimum atomic E-state index is -0.719. The quantitative estimate of drug-likeness (QED) is 0.645. The van der Waals surface area contributed by atoms with Crippen molar-refractivity contribution in [2.45, 2.75) is 45.9 Å². The number of benzene rings is 2. The van der Waals surface area contributed by atoms with Crippen LogP contribution >= 0.6 is 0 Å². The van der Waals surface area contributed by atoms with Crippen molar-refractivity contribution in [2.24, 2.45) is 0 Å². The number of aliphatic hydroxyl groups is 1. The van der Waals surface area contributed by atoms with Crippen molar-refractivity contribution < 1.29 is 19.4 Å². The lowest BCUT2D eigenvalue weighted by Crippen LogP contribution is -2.24. The number of carbonyl (C=O) groups excluding carboxylic acids is 1. The highest BCUT2D eigenvalue weighted by Crippen LogP contribution is 2.24. The van der Waals surface area contributed by atoms with Gasteiger partial charge in [-0.15, -0.1) is 0 Å². The van der Waals surface area contributed by atoms with E-state index in [0.29, 0.717) is 12.1 Å². The Morgan fingerprint density at radius 2 is 1.79 bits per heavy atom. The van der Waals surface area contributed by atoms with E-state index in [-0.39, 0.29) is 12.6 Å². The molecular weight excluding hydrogens is 354 g/mol. The van der Waals surface area contributed by atoms with E-state index in [2.05, 4.69) is 0 Å². The number of ether oxygens (including phenoxy) is 2. The Morgan fingerprint density at radius 3 is 2.46 bits per heavy atom. The molecule has 1 unspecified atom stereocenters. The molecule has 0 radical (unpaired) electrons. The molecule has 0 amide bonds. The molecule has 148 valence electrons. The summed E-state index contributed by atoms with van der Waals surface area (Å²) < 4.78 is 13.1. The zero-order valence-electron chi connectivity index (χ0n) is 16.8. The number of fused-ring (bicyclic) bond motifs is 1.